The standard InChI is InChI=1S/C13H14N4O2/c1-3-16-9-11(8-15-16)7-14-12-6-10(2)4-5-13(12)17(18)19/h3-6,8-9,14H,1,7H2,2H3. The zero-order chi connectivity index (χ0) is 13.8. The molecule has 1 N–H and O–H groups in total. The third-order valence-electron chi connectivity index (χ3n) is 2.67. The van der Waals surface area contributed by atoms with Gasteiger partial charge in [-0.2, -0.15) is 5.10 Å². The summed E-state index contributed by atoms with van der Waals surface area (Å²) in [6.45, 7) is 5.97. The maximum Gasteiger partial charge on any atom is 0.292 e. The van der Waals surface area contributed by atoms with Gasteiger partial charge < -0.3 is 5.32 Å². The fraction of sp³-hybridized carbons (Fsp3) is 0.154. The molecule has 0 saturated carbocycles. The minimum absolute atomic E-state index is 0.0710. The van der Waals surface area contributed by atoms with Crippen molar-refractivity contribution in [1.29, 1.82) is 0 Å². The van der Waals surface area contributed by atoms with Gasteiger partial charge in [-0.1, -0.05) is 12.6 Å². The molecule has 6 nitrogen and oxygen atoms in total. The van der Waals surface area contributed by atoms with Crippen molar-refractivity contribution in [3.05, 3.63) is 58.4 Å². The largest absolute Gasteiger partial charge is 0.375 e. The van der Waals surface area contributed by atoms with Gasteiger partial charge in [-0.15, -0.1) is 0 Å². The lowest BCUT2D eigenvalue weighted by molar-refractivity contribution is -0.384. The summed E-state index contributed by atoms with van der Waals surface area (Å²) in [5, 5.41) is 18.0. The van der Waals surface area contributed by atoms with E-state index in [9.17, 15) is 10.1 Å². The molecule has 0 amide bonds. The highest BCUT2D eigenvalue weighted by atomic mass is 16.6. The first-order valence-electron chi connectivity index (χ1n) is 5.74. The number of nitro groups is 1. The van der Waals surface area contributed by atoms with Gasteiger partial charge in [0.15, 0.2) is 0 Å². The maximum atomic E-state index is 10.9. The van der Waals surface area contributed by atoms with E-state index in [1.807, 2.05) is 13.1 Å². The highest BCUT2D eigenvalue weighted by molar-refractivity contribution is 5.62. The second-order valence-electron chi connectivity index (χ2n) is 4.14. The van der Waals surface area contributed by atoms with Crippen molar-refractivity contribution in [3.8, 4) is 0 Å². The molecule has 0 aliphatic carbocycles. The highest BCUT2D eigenvalue weighted by Gasteiger charge is 2.13. The topological polar surface area (TPSA) is 73.0 Å². The molecule has 0 fully saturated rings. The fourth-order valence-corrected chi connectivity index (χ4v) is 1.72. The lowest BCUT2D eigenvalue weighted by atomic mass is 10.2. The molecule has 98 valence electrons. The molecule has 1 aromatic heterocycles. The van der Waals surface area contributed by atoms with Gasteiger partial charge in [0.1, 0.15) is 5.69 Å². The van der Waals surface area contributed by atoms with E-state index < -0.39 is 4.92 Å². The molecular formula is C13H14N4O2. The first-order chi connectivity index (χ1) is 9.10. The molecule has 0 atom stereocenters. The zero-order valence-corrected chi connectivity index (χ0v) is 10.5. The average molecular weight is 258 g/mol. The van der Waals surface area contributed by atoms with Gasteiger partial charge in [-0.3, -0.25) is 10.1 Å². The minimum atomic E-state index is -0.394. The van der Waals surface area contributed by atoms with Gasteiger partial charge in [0.05, 0.1) is 11.1 Å². The Hall–Kier alpha value is -2.63. The second-order valence-corrected chi connectivity index (χ2v) is 4.14. The van der Waals surface area contributed by atoms with E-state index in [1.54, 1.807) is 29.2 Å². The Morgan fingerprint density at radius 1 is 1.58 bits per heavy atom. The molecule has 1 heterocycles. The van der Waals surface area contributed by atoms with Crippen LogP contribution >= 0.6 is 0 Å². The summed E-state index contributed by atoms with van der Waals surface area (Å²) in [7, 11) is 0. The molecule has 2 rings (SSSR count). The van der Waals surface area contributed by atoms with Gasteiger partial charge in [-0.05, 0) is 18.6 Å². The van der Waals surface area contributed by atoms with Crippen molar-refractivity contribution >= 4 is 17.6 Å². The third-order valence-corrected chi connectivity index (χ3v) is 2.67. The van der Waals surface area contributed by atoms with Crippen molar-refractivity contribution in [3.63, 3.8) is 0 Å². The van der Waals surface area contributed by atoms with Gasteiger partial charge in [0.2, 0.25) is 0 Å². The van der Waals surface area contributed by atoms with Gasteiger partial charge in [-0.25, -0.2) is 4.68 Å². The third kappa shape index (κ3) is 2.98. The second kappa shape index (κ2) is 5.34. The van der Waals surface area contributed by atoms with E-state index in [2.05, 4.69) is 17.0 Å². The quantitative estimate of drug-likeness (QED) is 0.661. The molecule has 0 aliphatic rings. The van der Waals surface area contributed by atoms with Crippen LogP contribution in [-0.2, 0) is 6.54 Å². The van der Waals surface area contributed by atoms with E-state index in [0.717, 1.165) is 11.1 Å². The molecule has 6 heteroatoms. The molecule has 0 bridgehead atoms. The molecule has 19 heavy (non-hydrogen) atoms. The zero-order valence-electron chi connectivity index (χ0n) is 10.5. The van der Waals surface area contributed by atoms with Crippen LogP contribution in [0, 0.1) is 17.0 Å². The number of aromatic nitrogens is 2. The molecule has 2 aromatic rings. The van der Waals surface area contributed by atoms with E-state index >= 15 is 0 Å². The first kappa shape index (κ1) is 12.8. The van der Waals surface area contributed by atoms with Gasteiger partial charge in [0, 0.05) is 30.6 Å². The Bertz CT molecular complexity index is 619. The van der Waals surface area contributed by atoms with Crippen LogP contribution in [0.3, 0.4) is 0 Å². The first-order valence-corrected chi connectivity index (χ1v) is 5.74. The predicted octanol–water partition coefficient (Wildman–Crippen LogP) is 2.81. The molecule has 0 unspecified atom stereocenters. The van der Waals surface area contributed by atoms with E-state index in [-0.39, 0.29) is 5.69 Å². The molecule has 0 spiro atoms. The Kier molecular flexibility index (Phi) is 3.61. The van der Waals surface area contributed by atoms with Gasteiger partial charge >= 0.3 is 0 Å². The van der Waals surface area contributed by atoms with E-state index in [1.165, 1.54) is 6.07 Å². The van der Waals surface area contributed by atoms with Crippen molar-refractivity contribution in [2.24, 2.45) is 0 Å². The van der Waals surface area contributed by atoms with Crippen LogP contribution in [0.1, 0.15) is 11.1 Å². The summed E-state index contributed by atoms with van der Waals surface area (Å²) in [6.07, 6.45) is 5.08. The number of anilines is 1. The number of benzene rings is 1. The van der Waals surface area contributed by atoms with Crippen LogP contribution in [0.15, 0.2) is 37.2 Å². The lowest BCUT2D eigenvalue weighted by Gasteiger charge is -2.06. The monoisotopic (exact) mass is 258 g/mol. The highest BCUT2D eigenvalue weighted by Crippen LogP contribution is 2.25. The SMILES string of the molecule is C=Cn1cc(CNc2cc(C)ccc2[N+](=O)[O-])cn1. The number of hydrogen-bond acceptors (Lipinski definition) is 4. The number of hydrogen-bond donors (Lipinski definition) is 1. The Morgan fingerprint density at radius 3 is 3.00 bits per heavy atom. The Morgan fingerprint density at radius 2 is 2.37 bits per heavy atom. The van der Waals surface area contributed by atoms with Crippen molar-refractivity contribution < 1.29 is 4.92 Å². The lowest BCUT2D eigenvalue weighted by Crippen LogP contribution is -2.02. The van der Waals surface area contributed by atoms with Crippen molar-refractivity contribution in [1.82, 2.24) is 9.78 Å². The summed E-state index contributed by atoms with van der Waals surface area (Å²) in [5.41, 5.74) is 2.48. The Labute approximate surface area is 110 Å². The van der Waals surface area contributed by atoms with Crippen molar-refractivity contribution in [2.75, 3.05) is 5.32 Å². The van der Waals surface area contributed by atoms with Crippen molar-refractivity contribution in [2.45, 2.75) is 13.5 Å². The number of nitro benzene ring substituents is 1. The number of aryl methyl sites for hydroxylation is 1. The van der Waals surface area contributed by atoms with Crippen LogP contribution < -0.4 is 5.32 Å². The number of nitrogens with zero attached hydrogens (tertiary/aromatic N) is 3. The summed E-state index contributed by atoms with van der Waals surface area (Å²) >= 11 is 0. The molecule has 0 radical (unpaired) electrons. The fourth-order valence-electron chi connectivity index (χ4n) is 1.72. The molecule has 0 aliphatic heterocycles. The summed E-state index contributed by atoms with van der Waals surface area (Å²) < 4.78 is 1.58. The van der Waals surface area contributed by atoms with Crippen LogP contribution in [0.5, 0.6) is 0 Å². The summed E-state index contributed by atoms with van der Waals surface area (Å²) in [5.74, 6) is 0. The normalized spacial score (nSPS) is 10.2. The smallest absolute Gasteiger partial charge is 0.292 e. The summed E-state index contributed by atoms with van der Waals surface area (Å²) in [4.78, 5) is 10.5. The number of nitrogens with one attached hydrogen (secondary N) is 1. The van der Waals surface area contributed by atoms with Gasteiger partial charge in [0.25, 0.3) is 5.69 Å². The van der Waals surface area contributed by atoms with Crippen LogP contribution in [0.25, 0.3) is 6.20 Å². The van der Waals surface area contributed by atoms with Crippen LogP contribution in [0.2, 0.25) is 0 Å². The predicted molar refractivity (Wildman–Crippen MR) is 73.8 cm³/mol. The summed E-state index contributed by atoms with van der Waals surface area (Å²) in [6, 6.07) is 4.99. The minimum Gasteiger partial charge on any atom is -0.375 e. The van der Waals surface area contributed by atoms with E-state index in [0.29, 0.717) is 12.2 Å². The number of rotatable bonds is 5. The van der Waals surface area contributed by atoms with E-state index in [4.69, 9.17) is 0 Å². The maximum absolute atomic E-state index is 10.9. The van der Waals surface area contributed by atoms with Crippen LogP contribution in [0.4, 0.5) is 11.4 Å². The molecule has 0 saturated heterocycles. The Balaban J connectivity index is 2.16. The van der Waals surface area contributed by atoms with Crippen LogP contribution in [-0.4, -0.2) is 14.7 Å². The average Bonchev–Trinajstić information content (AvgIpc) is 2.84. The molecular weight excluding hydrogens is 244 g/mol. The molecule has 1 aromatic carbocycles.